The fraction of sp³-hybridized carbons (Fsp3) is 0.875. The maximum atomic E-state index is 11.4. The van der Waals surface area contributed by atoms with Crippen LogP contribution in [-0.2, 0) is 4.79 Å². The van der Waals surface area contributed by atoms with Crippen molar-refractivity contribution in [1.29, 1.82) is 5.26 Å². The van der Waals surface area contributed by atoms with Gasteiger partial charge in [-0.2, -0.15) is 5.26 Å². The SMILES string of the molecule is CCCCCCCCCCCC(=O)NCCCC#N. The van der Waals surface area contributed by atoms with Crippen molar-refractivity contribution < 1.29 is 4.79 Å². The molecule has 0 aliphatic rings. The molecule has 110 valence electrons. The quantitative estimate of drug-likeness (QED) is 0.504. The van der Waals surface area contributed by atoms with Crippen LogP contribution in [0.25, 0.3) is 0 Å². The van der Waals surface area contributed by atoms with E-state index >= 15 is 0 Å². The van der Waals surface area contributed by atoms with E-state index < -0.39 is 0 Å². The molecular weight excluding hydrogens is 236 g/mol. The van der Waals surface area contributed by atoms with Crippen LogP contribution in [0.4, 0.5) is 0 Å². The third-order valence-electron chi connectivity index (χ3n) is 3.29. The van der Waals surface area contributed by atoms with Crippen molar-refractivity contribution in [2.45, 2.75) is 84.0 Å². The van der Waals surface area contributed by atoms with E-state index in [9.17, 15) is 4.79 Å². The van der Waals surface area contributed by atoms with Gasteiger partial charge in [0.05, 0.1) is 6.07 Å². The highest BCUT2D eigenvalue weighted by molar-refractivity contribution is 5.75. The fourth-order valence-corrected chi connectivity index (χ4v) is 2.08. The zero-order valence-corrected chi connectivity index (χ0v) is 12.5. The molecule has 3 heteroatoms. The summed E-state index contributed by atoms with van der Waals surface area (Å²) >= 11 is 0. The van der Waals surface area contributed by atoms with Gasteiger partial charge in [-0.25, -0.2) is 0 Å². The molecule has 1 amide bonds. The number of nitrogens with zero attached hydrogens (tertiary/aromatic N) is 1. The van der Waals surface area contributed by atoms with Crippen LogP contribution in [0.3, 0.4) is 0 Å². The van der Waals surface area contributed by atoms with Gasteiger partial charge in [0, 0.05) is 19.4 Å². The largest absolute Gasteiger partial charge is 0.356 e. The molecule has 0 aromatic carbocycles. The van der Waals surface area contributed by atoms with Gasteiger partial charge >= 0.3 is 0 Å². The summed E-state index contributed by atoms with van der Waals surface area (Å²) in [5.41, 5.74) is 0. The monoisotopic (exact) mass is 266 g/mol. The molecule has 0 aromatic heterocycles. The average Bonchev–Trinajstić information content (AvgIpc) is 2.42. The molecule has 0 saturated heterocycles. The number of amides is 1. The van der Waals surface area contributed by atoms with E-state index in [1.807, 2.05) is 0 Å². The van der Waals surface area contributed by atoms with Crippen LogP contribution in [0.1, 0.15) is 84.0 Å². The number of nitrogens with one attached hydrogen (secondary N) is 1. The first kappa shape index (κ1) is 18.0. The molecule has 0 spiro atoms. The molecule has 0 aliphatic heterocycles. The van der Waals surface area contributed by atoms with Crippen LogP contribution in [0.5, 0.6) is 0 Å². The van der Waals surface area contributed by atoms with Crippen LogP contribution in [0.2, 0.25) is 0 Å². The number of hydrogen-bond acceptors (Lipinski definition) is 2. The standard InChI is InChI=1S/C16H30N2O/c1-2-3-4-5-6-7-8-9-10-13-16(19)18-15-12-11-14-17/h2-13,15H2,1H3,(H,18,19). The number of nitriles is 1. The Kier molecular flexibility index (Phi) is 14.2. The molecule has 0 fully saturated rings. The first-order valence-corrected chi connectivity index (χ1v) is 7.95. The van der Waals surface area contributed by atoms with Gasteiger partial charge in [0.15, 0.2) is 0 Å². The molecule has 0 aromatic rings. The summed E-state index contributed by atoms with van der Waals surface area (Å²) in [5.74, 6) is 0.140. The molecule has 0 unspecified atom stereocenters. The lowest BCUT2D eigenvalue weighted by Crippen LogP contribution is -2.23. The zero-order valence-electron chi connectivity index (χ0n) is 12.5. The van der Waals surface area contributed by atoms with Gasteiger partial charge in [0.2, 0.25) is 5.91 Å². The maximum Gasteiger partial charge on any atom is 0.219 e. The van der Waals surface area contributed by atoms with E-state index in [1.54, 1.807) is 0 Å². The minimum absolute atomic E-state index is 0.140. The second-order valence-corrected chi connectivity index (χ2v) is 5.19. The molecule has 0 atom stereocenters. The predicted octanol–water partition coefficient (Wildman–Crippen LogP) is 4.33. The number of carbonyl (C=O) groups is 1. The van der Waals surface area contributed by atoms with Gasteiger partial charge in [-0.1, -0.05) is 58.3 Å². The van der Waals surface area contributed by atoms with Crippen LogP contribution in [0.15, 0.2) is 0 Å². The van der Waals surface area contributed by atoms with Crippen molar-refractivity contribution in [3.63, 3.8) is 0 Å². The first-order valence-electron chi connectivity index (χ1n) is 7.95. The summed E-state index contributed by atoms with van der Waals surface area (Å²) in [6.45, 7) is 2.88. The van der Waals surface area contributed by atoms with Crippen molar-refractivity contribution in [2.24, 2.45) is 0 Å². The Morgan fingerprint density at radius 2 is 1.53 bits per heavy atom. The number of hydrogen-bond donors (Lipinski definition) is 1. The molecule has 1 N–H and O–H groups in total. The lowest BCUT2D eigenvalue weighted by Gasteiger charge is -2.04. The van der Waals surface area contributed by atoms with E-state index in [0.717, 1.165) is 12.8 Å². The van der Waals surface area contributed by atoms with Crippen molar-refractivity contribution >= 4 is 5.91 Å². The van der Waals surface area contributed by atoms with E-state index in [4.69, 9.17) is 5.26 Å². The van der Waals surface area contributed by atoms with Crippen LogP contribution in [-0.4, -0.2) is 12.5 Å². The Morgan fingerprint density at radius 1 is 0.947 bits per heavy atom. The van der Waals surface area contributed by atoms with E-state index in [1.165, 1.54) is 51.4 Å². The molecule has 0 rings (SSSR count). The molecule has 0 saturated carbocycles. The van der Waals surface area contributed by atoms with Gasteiger partial charge in [-0.3, -0.25) is 4.79 Å². The van der Waals surface area contributed by atoms with Crippen molar-refractivity contribution in [1.82, 2.24) is 5.32 Å². The van der Waals surface area contributed by atoms with Crippen LogP contribution < -0.4 is 5.32 Å². The second kappa shape index (κ2) is 15.0. The van der Waals surface area contributed by atoms with Gasteiger partial charge in [-0.05, 0) is 12.8 Å². The highest BCUT2D eigenvalue weighted by Crippen LogP contribution is 2.10. The lowest BCUT2D eigenvalue weighted by molar-refractivity contribution is -0.121. The topological polar surface area (TPSA) is 52.9 Å². The molecule has 0 radical (unpaired) electrons. The van der Waals surface area contributed by atoms with Gasteiger partial charge in [0.1, 0.15) is 0 Å². The van der Waals surface area contributed by atoms with Gasteiger partial charge in [-0.15, -0.1) is 0 Å². The third kappa shape index (κ3) is 14.9. The molecule has 0 heterocycles. The zero-order chi connectivity index (χ0) is 14.2. The first-order chi connectivity index (χ1) is 9.31. The Hall–Kier alpha value is -1.04. The summed E-state index contributed by atoms with van der Waals surface area (Å²) in [6, 6.07) is 2.07. The fourth-order valence-electron chi connectivity index (χ4n) is 2.08. The highest BCUT2D eigenvalue weighted by atomic mass is 16.1. The molecule has 3 nitrogen and oxygen atoms in total. The minimum Gasteiger partial charge on any atom is -0.356 e. The number of unbranched alkanes of at least 4 members (excludes halogenated alkanes) is 9. The predicted molar refractivity (Wildman–Crippen MR) is 79.7 cm³/mol. The minimum atomic E-state index is 0.140. The summed E-state index contributed by atoms with van der Waals surface area (Å²) in [5, 5.41) is 11.2. The Labute approximate surface area is 118 Å². The second-order valence-electron chi connectivity index (χ2n) is 5.19. The Balaban J connectivity index is 3.12. The highest BCUT2D eigenvalue weighted by Gasteiger charge is 2.00. The van der Waals surface area contributed by atoms with Crippen molar-refractivity contribution in [2.75, 3.05) is 6.54 Å². The van der Waals surface area contributed by atoms with Gasteiger partial charge in [0.25, 0.3) is 0 Å². The summed E-state index contributed by atoms with van der Waals surface area (Å²) in [7, 11) is 0. The number of rotatable bonds is 13. The summed E-state index contributed by atoms with van der Waals surface area (Å²) in [4.78, 5) is 11.4. The van der Waals surface area contributed by atoms with Crippen molar-refractivity contribution in [3.8, 4) is 6.07 Å². The molecule has 19 heavy (non-hydrogen) atoms. The summed E-state index contributed by atoms with van der Waals surface area (Å²) in [6.07, 6.45) is 13.4. The normalized spacial score (nSPS) is 10.1. The Morgan fingerprint density at radius 3 is 2.11 bits per heavy atom. The van der Waals surface area contributed by atoms with Gasteiger partial charge < -0.3 is 5.32 Å². The average molecular weight is 266 g/mol. The molecule has 0 bridgehead atoms. The van der Waals surface area contributed by atoms with E-state index in [2.05, 4.69) is 18.3 Å². The van der Waals surface area contributed by atoms with Crippen LogP contribution >= 0.6 is 0 Å². The molecular formula is C16H30N2O. The number of carbonyl (C=O) groups excluding carboxylic acids is 1. The lowest BCUT2D eigenvalue weighted by atomic mass is 10.1. The van der Waals surface area contributed by atoms with Crippen molar-refractivity contribution in [3.05, 3.63) is 0 Å². The molecule has 0 aliphatic carbocycles. The van der Waals surface area contributed by atoms with Crippen LogP contribution in [0, 0.1) is 11.3 Å². The maximum absolute atomic E-state index is 11.4. The Bertz CT molecular complexity index is 246. The smallest absolute Gasteiger partial charge is 0.219 e. The van der Waals surface area contributed by atoms with E-state index in [-0.39, 0.29) is 5.91 Å². The van der Waals surface area contributed by atoms with E-state index in [0.29, 0.717) is 19.4 Å². The third-order valence-corrected chi connectivity index (χ3v) is 3.29. The summed E-state index contributed by atoms with van der Waals surface area (Å²) < 4.78 is 0.